The Morgan fingerprint density at radius 3 is 2.06 bits per heavy atom. The fourth-order valence-electron chi connectivity index (χ4n) is 3.07. The van der Waals surface area contributed by atoms with E-state index in [0.717, 1.165) is 10.8 Å². The number of fused-ring (bicyclic) bond motifs is 1. The van der Waals surface area contributed by atoms with Gasteiger partial charge in [0.2, 0.25) is 0 Å². The molecule has 0 aliphatic heterocycles. The van der Waals surface area contributed by atoms with E-state index in [9.17, 15) is 14.7 Å². The Kier molecular flexibility index (Phi) is 5.71. The van der Waals surface area contributed by atoms with Gasteiger partial charge in [-0.2, -0.15) is 5.10 Å². The van der Waals surface area contributed by atoms with Crippen molar-refractivity contribution in [2.24, 2.45) is 5.10 Å². The largest absolute Gasteiger partial charge is 0.507 e. The molecule has 6 nitrogen and oxygen atoms in total. The summed E-state index contributed by atoms with van der Waals surface area (Å²) in [6.45, 7) is 0. The van der Waals surface area contributed by atoms with E-state index in [1.807, 2.05) is 30.3 Å². The fourth-order valence-corrected chi connectivity index (χ4v) is 3.07. The molecule has 0 bridgehead atoms. The zero-order chi connectivity index (χ0) is 21.6. The second-order valence-electron chi connectivity index (χ2n) is 6.85. The van der Waals surface area contributed by atoms with Crippen LogP contribution in [-0.2, 0) is 0 Å². The maximum atomic E-state index is 12.3. The third kappa shape index (κ3) is 4.76. The molecule has 0 radical (unpaired) electrons. The predicted molar refractivity (Wildman–Crippen MR) is 122 cm³/mol. The summed E-state index contributed by atoms with van der Waals surface area (Å²) in [4.78, 5) is 24.5. The summed E-state index contributed by atoms with van der Waals surface area (Å²) < 4.78 is 0. The fraction of sp³-hybridized carbons (Fsp3) is 0. The van der Waals surface area contributed by atoms with E-state index in [2.05, 4.69) is 15.8 Å². The van der Waals surface area contributed by atoms with Crippen LogP contribution in [0.25, 0.3) is 10.8 Å². The number of nitrogens with zero attached hydrogens (tertiary/aromatic N) is 1. The SMILES string of the molecule is O=C(N/N=C/c1cc2ccccc2cc1O)c1ccc(NC(=O)c2ccccc2)cc1. The van der Waals surface area contributed by atoms with Gasteiger partial charge in [-0.05, 0) is 59.3 Å². The van der Waals surface area contributed by atoms with Crippen LogP contribution in [0.3, 0.4) is 0 Å². The number of hydrazone groups is 1. The van der Waals surface area contributed by atoms with Gasteiger partial charge in [0.05, 0.1) is 6.21 Å². The average Bonchev–Trinajstić information content (AvgIpc) is 2.80. The summed E-state index contributed by atoms with van der Waals surface area (Å²) in [5, 5.41) is 18.7. The van der Waals surface area contributed by atoms with E-state index in [1.165, 1.54) is 6.21 Å². The van der Waals surface area contributed by atoms with E-state index in [4.69, 9.17) is 0 Å². The van der Waals surface area contributed by atoms with Gasteiger partial charge >= 0.3 is 0 Å². The molecule has 2 amide bonds. The van der Waals surface area contributed by atoms with Crippen molar-refractivity contribution in [3.05, 3.63) is 108 Å². The third-order valence-corrected chi connectivity index (χ3v) is 4.71. The number of carbonyl (C=O) groups is 2. The molecule has 6 heteroatoms. The number of hydrogen-bond acceptors (Lipinski definition) is 4. The standard InChI is InChI=1S/C25H19N3O3/c29-23-15-20-9-5-4-8-19(20)14-21(23)16-26-28-25(31)18-10-12-22(13-11-18)27-24(30)17-6-2-1-3-7-17/h1-16,29H,(H,27,30)(H,28,31)/b26-16+. The minimum Gasteiger partial charge on any atom is -0.507 e. The van der Waals surface area contributed by atoms with E-state index in [-0.39, 0.29) is 11.7 Å². The summed E-state index contributed by atoms with van der Waals surface area (Å²) in [5.41, 5.74) is 4.46. The molecule has 3 N–H and O–H groups in total. The number of benzene rings is 4. The first kappa shape index (κ1) is 19.8. The minimum atomic E-state index is -0.405. The number of amides is 2. The zero-order valence-corrected chi connectivity index (χ0v) is 16.4. The van der Waals surface area contributed by atoms with Crippen LogP contribution in [0, 0.1) is 0 Å². The van der Waals surface area contributed by atoms with Gasteiger partial charge in [-0.15, -0.1) is 0 Å². The first-order chi connectivity index (χ1) is 15.1. The molecule has 0 saturated heterocycles. The smallest absolute Gasteiger partial charge is 0.271 e. The van der Waals surface area contributed by atoms with Gasteiger partial charge in [0.15, 0.2) is 0 Å². The number of carbonyl (C=O) groups excluding carboxylic acids is 2. The van der Waals surface area contributed by atoms with Gasteiger partial charge in [0.25, 0.3) is 11.8 Å². The lowest BCUT2D eigenvalue weighted by atomic mass is 10.1. The van der Waals surface area contributed by atoms with Crippen molar-refractivity contribution in [2.45, 2.75) is 0 Å². The highest BCUT2D eigenvalue weighted by atomic mass is 16.3. The van der Waals surface area contributed by atoms with Gasteiger partial charge in [-0.25, -0.2) is 5.43 Å². The minimum absolute atomic E-state index is 0.0789. The van der Waals surface area contributed by atoms with Crippen LogP contribution in [-0.4, -0.2) is 23.1 Å². The summed E-state index contributed by atoms with van der Waals surface area (Å²) >= 11 is 0. The van der Waals surface area contributed by atoms with Gasteiger partial charge in [0.1, 0.15) is 5.75 Å². The Labute approximate surface area is 178 Å². The number of hydrogen-bond donors (Lipinski definition) is 3. The third-order valence-electron chi connectivity index (χ3n) is 4.71. The second kappa shape index (κ2) is 8.92. The second-order valence-corrected chi connectivity index (χ2v) is 6.85. The first-order valence-electron chi connectivity index (χ1n) is 9.62. The van der Waals surface area contributed by atoms with Crippen molar-refractivity contribution in [1.29, 1.82) is 0 Å². The zero-order valence-electron chi connectivity index (χ0n) is 16.4. The molecule has 4 aromatic rings. The summed E-state index contributed by atoms with van der Waals surface area (Å²) in [7, 11) is 0. The van der Waals surface area contributed by atoms with E-state index in [1.54, 1.807) is 60.7 Å². The Morgan fingerprint density at radius 2 is 1.35 bits per heavy atom. The molecular weight excluding hydrogens is 390 g/mol. The quantitative estimate of drug-likeness (QED) is 0.333. The van der Waals surface area contributed by atoms with Crippen LogP contribution in [0.1, 0.15) is 26.3 Å². The van der Waals surface area contributed by atoms with E-state index >= 15 is 0 Å². The molecule has 0 aliphatic carbocycles. The van der Waals surface area contributed by atoms with Crippen LogP contribution in [0.5, 0.6) is 5.75 Å². The lowest BCUT2D eigenvalue weighted by molar-refractivity contribution is 0.0954. The van der Waals surface area contributed by atoms with Crippen LogP contribution >= 0.6 is 0 Å². The molecule has 0 aliphatic rings. The highest BCUT2D eigenvalue weighted by Crippen LogP contribution is 2.23. The molecule has 0 aromatic heterocycles. The predicted octanol–water partition coefficient (Wildman–Crippen LogP) is 4.56. The van der Waals surface area contributed by atoms with Crippen LogP contribution < -0.4 is 10.7 Å². The number of phenols is 1. The van der Waals surface area contributed by atoms with Gasteiger partial charge < -0.3 is 10.4 Å². The number of aromatic hydroxyl groups is 1. The Bertz CT molecular complexity index is 1270. The highest BCUT2D eigenvalue weighted by molar-refractivity contribution is 6.04. The summed E-state index contributed by atoms with van der Waals surface area (Å²) in [5.74, 6) is -0.551. The topological polar surface area (TPSA) is 90.8 Å². The van der Waals surface area contributed by atoms with Crippen molar-refractivity contribution >= 4 is 34.5 Å². The molecule has 0 heterocycles. The molecule has 0 atom stereocenters. The Balaban J connectivity index is 1.39. The van der Waals surface area contributed by atoms with Gasteiger partial charge in [0, 0.05) is 22.4 Å². The van der Waals surface area contributed by atoms with Crippen LogP contribution in [0.2, 0.25) is 0 Å². The van der Waals surface area contributed by atoms with Crippen LogP contribution in [0.4, 0.5) is 5.69 Å². The molecule has 0 spiro atoms. The number of anilines is 1. The first-order valence-corrected chi connectivity index (χ1v) is 9.62. The molecule has 0 saturated carbocycles. The molecule has 4 rings (SSSR count). The summed E-state index contributed by atoms with van der Waals surface area (Å²) in [6, 6.07) is 26.5. The Hall–Kier alpha value is -4.45. The van der Waals surface area contributed by atoms with E-state index < -0.39 is 5.91 Å². The van der Waals surface area contributed by atoms with Crippen molar-refractivity contribution in [1.82, 2.24) is 5.43 Å². The molecule has 0 unspecified atom stereocenters. The van der Waals surface area contributed by atoms with Crippen molar-refractivity contribution < 1.29 is 14.7 Å². The van der Waals surface area contributed by atoms with Crippen LogP contribution in [0.15, 0.2) is 96.1 Å². The monoisotopic (exact) mass is 409 g/mol. The number of rotatable bonds is 5. The summed E-state index contributed by atoms with van der Waals surface area (Å²) in [6.07, 6.45) is 1.40. The average molecular weight is 409 g/mol. The maximum absolute atomic E-state index is 12.3. The molecule has 0 fully saturated rings. The van der Waals surface area contributed by atoms with E-state index in [0.29, 0.717) is 22.4 Å². The molecule has 4 aromatic carbocycles. The highest BCUT2D eigenvalue weighted by Gasteiger charge is 2.08. The lowest BCUT2D eigenvalue weighted by Gasteiger charge is -2.06. The van der Waals surface area contributed by atoms with Crippen molar-refractivity contribution in [3.63, 3.8) is 0 Å². The van der Waals surface area contributed by atoms with Crippen molar-refractivity contribution in [2.75, 3.05) is 5.32 Å². The number of nitrogens with one attached hydrogen (secondary N) is 2. The molecular formula is C25H19N3O3. The van der Waals surface area contributed by atoms with Gasteiger partial charge in [-0.3, -0.25) is 9.59 Å². The number of phenolic OH excluding ortho intramolecular Hbond substituents is 1. The Morgan fingerprint density at radius 1 is 0.742 bits per heavy atom. The molecule has 152 valence electrons. The molecule has 31 heavy (non-hydrogen) atoms. The maximum Gasteiger partial charge on any atom is 0.271 e. The lowest BCUT2D eigenvalue weighted by Crippen LogP contribution is -2.17. The normalized spacial score (nSPS) is 10.8. The van der Waals surface area contributed by atoms with Gasteiger partial charge in [-0.1, -0.05) is 42.5 Å². The van der Waals surface area contributed by atoms with Crippen molar-refractivity contribution in [3.8, 4) is 5.75 Å².